The molecule has 4 nitrogen and oxygen atoms in total. The molecule has 82 valence electrons. The maximum Gasteiger partial charge on any atom is 0.332 e. The fourth-order valence-corrected chi connectivity index (χ4v) is 1.80. The Morgan fingerprint density at radius 1 is 1.64 bits per heavy atom. The summed E-state index contributed by atoms with van der Waals surface area (Å²) in [6.45, 7) is 2.84. The van der Waals surface area contributed by atoms with E-state index in [9.17, 15) is 4.79 Å². The van der Waals surface area contributed by atoms with Crippen molar-refractivity contribution < 1.29 is 14.6 Å². The van der Waals surface area contributed by atoms with E-state index in [1.807, 2.05) is 14.0 Å². The Morgan fingerprint density at radius 3 is 2.71 bits per heavy atom. The molecule has 1 atom stereocenters. The Hall–Kier alpha value is -0.610. The van der Waals surface area contributed by atoms with Gasteiger partial charge in [0.25, 0.3) is 0 Å². The molecular weight excluding hydrogens is 182 g/mol. The summed E-state index contributed by atoms with van der Waals surface area (Å²) in [5, 5.41) is 11.9. The Kier molecular flexibility index (Phi) is 4.35. The van der Waals surface area contributed by atoms with Crippen LogP contribution in [0.4, 0.5) is 0 Å². The van der Waals surface area contributed by atoms with E-state index in [4.69, 9.17) is 9.84 Å². The van der Waals surface area contributed by atoms with E-state index in [1.165, 1.54) is 0 Å². The first-order valence-electron chi connectivity index (χ1n) is 5.20. The summed E-state index contributed by atoms with van der Waals surface area (Å²) >= 11 is 0. The molecule has 0 aromatic carbocycles. The van der Waals surface area contributed by atoms with E-state index in [2.05, 4.69) is 5.32 Å². The monoisotopic (exact) mass is 201 g/mol. The second-order valence-corrected chi connectivity index (χ2v) is 3.89. The van der Waals surface area contributed by atoms with Crippen molar-refractivity contribution in [2.45, 2.75) is 38.4 Å². The quantitative estimate of drug-likeness (QED) is 0.669. The van der Waals surface area contributed by atoms with Gasteiger partial charge < -0.3 is 15.2 Å². The third-order valence-corrected chi connectivity index (χ3v) is 2.69. The normalized spacial score (nSPS) is 28.1. The number of carboxylic acid groups (broad SMARTS) is 1. The van der Waals surface area contributed by atoms with Crippen molar-refractivity contribution in [3.8, 4) is 0 Å². The number of carboxylic acids is 1. The maximum absolute atomic E-state index is 10.7. The summed E-state index contributed by atoms with van der Waals surface area (Å²) in [6, 6.07) is 0. The van der Waals surface area contributed by atoms with Gasteiger partial charge in [-0.1, -0.05) is 6.92 Å². The number of aliphatic carboxylic acids is 1. The van der Waals surface area contributed by atoms with Crippen molar-refractivity contribution >= 4 is 5.97 Å². The van der Waals surface area contributed by atoms with Crippen LogP contribution in [-0.4, -0.2) is 36.9 Å². The second kappa shape index (κ2) is 5.32. The van der Waals surface area contributed by atoms with Crippen molar-refractivity contribution in [1.82, 2.24) is 5.32 Å². The predicted octanol–water partition coefficient (Wildman–Crippen LogP) is 0.864. The Balaban J connectivity index is 2.17. The lowest BCUT2D eigenvalue weighted by Crippen LogP contribution is -2.40. The van der Waals surface area contributed by atoms with Gasteiger partial charge in [0.15, 0.2) is 6.10 Å². The molecule has 4 heteroatoms. The van der Waals surface area contributed by atoms with Crippen LogP contribution in [0.25, 0.3) is 0 Å². The third kappa shape index (κ3) is 2.96. The molecule has 0 radical (unpaired) electrons. The molecule has 0 spiro atoms. The largest absolute Gasteiger partial charge is 0.479 e. The van der Waals surface area contributed by atoms with E-state index in [-0.39, 0.29) is 6.10 Å². The highest BCUT2D eigenvalue weighted by molar-refractivity contribution is 5.72. The molecule has 0 amide bonds. The Morgan fingerprint density at radius 2 is 2.29 bits per heavy atom. The maximum atomic E-state index is 10.7. The van der Waals surface area contributed by atoms with Crippen molar-refractivity contribution in [3.05, 3.63) is 0 Å². The smallest absolute Gasteiger partial charge is 0.332 e. The molecular formula is C10H19NO3. The van der Waals surface area contributed by atoms with Crippen molar-refractivity contribution in [2.24, 2.45) is 5.92 Å². The molecule has 0 aliphatic heterocycles. The van der Waals surface area contributed by atoms with Crippen molar-refractivity contribution in [3.63, 3.8) is 0 Å². The van der Waals surface area contributed by atoms with Gasteiger partial charge in [-0.05, 0) is 38.8 Å². The first-order valence-corrected chi connectivity index (χ1v) is 5.20. The molecule has 1 unspecified atom stereocenters. The van der Waals surface area contributed by atoms with Crippen LogP contribution in [0.1, 0.15) is 26.2 Å². The molecule has 0 aromatic heterocycles. The average molecular weight is 201 g/mol. The highest BCUT2D eigenvalue weighted by Crippen LogP contribution is 2.30. The van der Waals surface area contributed by atoms with Gasteiger partial charge in [-0.25, -0.2) is 4.79 Å². The minimum Gasteiger partial charge on any atom is -0.479 e. The van der Waals surface area contributed by atoms with Gasteiger partial charge >= 0.3 is 5.97 Å². The van der Waals surface area contributed by atoms with E-state index < -0.39 is 12.1 Å². The number of hydrogen-bond acceptors (Lipinski definition) is 3. The van der Waals surface area contributed by atoms with Crippen LogP contribution < -0.4 is 5.32 Å². The molecule has 0 aromatic rings. The van der Waals surface area contributed by atoms with E-state index >= 15 is 0 Å². The standard InChI is InChI=1S/C10H19NO3/c1-3-9(10(12)13)14-8-4-7(5-8)6-11-2/h7-9,11H,3-6H2,1-2H3,(H,12,13). The van der Waals surface area contributed by atoms with E-state index in [0.29, 0.717) is 12.3 Å². The summed E-state index contributed by atoms with van der Waals surface area (Å²) in [6.07, 6.45) is 2.07. The van der Waals surface area contributed by atoms with E-state index in [0.717, 1.165) is 19.4 Å². The van der Waals surface area contributed by atoms with Crippen molar-refractivity contribution in [2.75, 3.05) is 13.6 Å². The van der Waals surface area contributed by atoms with Crippen LogP contribution in [0.2, 0.25) is 0 Å². The molecule has 14 heavy (non-hydrogen) atoms. The molecule has 2 N–H and O–H groups in total. The summed E-state index contributed by atoms with van der Waals surface area (Å²) < 4.78 is 5.45. The molecule has 1 fully saturated rings. The van der Waals surface area contributed by atoms with Crippen LogP contribution >= 0.6 is 0 Å². The molecule has 0 bridgehead atoms. The summed E-state index contributed by atoms with van der Waals surface area (Å²) in [4.78, 5) is 10.7. The zero-order valence-corrected chi connectivity index (χ0v) is 8.82. The molecule has 1 saturated carbocycles. The molecule has 1 rings (SSSR count). The molecule has 0 saturated heterocycles. The number of carbonyl (C=O) groups is 1. The van der Waals surface area contributed by atoms with Crippen LogP contribution in [0, 0.1) is 5.92 Å². The van der Waals surface area contributed by atoms with Gasteiger partial charge in [0.2, 0.25) is 0 Å². The lowest BCUT2D eigenvalue weighted by atomic mass is 9.82. The number of hydrogen-bond donors (Lipinski definition) is 2. The van der Waals surface area contributed by atoms with E-state index in [1.54, 1.807) is 0 Å². The number of ether oxygens (including phenoxy) is 1. The van der Waals surface area contributed by atoms with Gasteiger partial charge in [-0.15, -0.1) is 0 Å². The minimum atomic E-state index is -0.843. The Labute approximate surface area is 84.6 Å². The fraction of sp³-hybridized carbons (Fsp3) is 0.900. The highest BCUT2D eigenvalue weighted by Gasteiger charge is 2.32. The number of rotatable bonds is 6. The van der Waals surface area contributed by atoms with Gasteiger partial charge in [0, 0.05) is 0 Å². The zero-order chi connectivity index (χ0) is 10.6. The van der Waals surface area contributed by atoms with Gasteiger partial charge in [0.1, 0.15) is 0 Å². The third-order valence-electron chi connectivity index (χ3n) is 2.69. The first-order chi connectivity index (χ1) is 6.67. The zero-order valence-electron chi connectivity index (χ0n) is 8.82. The highest BCUT2D eigenvalue weighted by atomic mass is 16.5. The second-order valence-electron chi connectivity index (χ2n) is 3.89. The van der Waals surface area contributed by atoms with Gasteiger partial charge in [0.05, 0.1) is 6.10 Å². The fourth-order valence-electron chi connectivity index (χ4n) is 1.80. The van der Waals surface area contributed by atoms with Crippen molar-refractivity contribution in [1.29, 1.82) is 0 Å². The van der Waals surface area contributed by atoms with Crippen LogP contribution in [0.3, 0.4) is 0 Å². The summed E-state index contributed by atoms with van der Waals surface area (Å²) in [7, 11) is 1.93. The Bertz CT molecular complexity index is 190. The first kappa shape index (κ1) is 11.5. The topological polar surface area (TPSA) is 58.6 Å². The predicted molar refractivity (Wildman–Crippen MR) is 53.2 cm³/mol. The van der Waals surface area contributed by atoms with Crippen LogP contribution in [-0.2, 0) is 9.53 Å². The lowest BCUT2D eigenvalue weighted by Gasteiger charge is -2.36. The minimum absolute atomic E-state index is 0.161. The van der Waals surface area contributed by atoms with Crippen LogP contribution in [0.15, 0.2) is 0 Å². The van der Waals surface area contributed by atoms with Crippen LogP contribution in [0.5, 0.6) is 0 Å². The summed E-state index contributed by atoms with van der Waals surface area (Å²) in [5.41, 5.74) is 0. The summed E-state index contributed by atoms with van der Waals surface area (Å²) in [5.74, 6) is -0.180. The van der Waals surface area contributed by atoms with Gasteiger partial charge in [-0.3, -0.25) is 0 Å². The average Bonchev–Trinajstić information content (AvgIpc) is 2.08. The number of nitrogens with one attached hydrogen (secondary N) is 1. The SMILES string of the molecule is CCC(OC1CC(CNC)C1)C(=O)O. The van der Waals surface area contributed by atoms with Gasteiger partial charge in [-0.2, -0.15) is 0 Å². The molecule has 0 heterocycles. The molecule has 1 aliphatic rings. The molecule has 1 aliphatic carbocycles. The lowest BCUT2D eigenvalue weighted by molar-refractivity contribution is -0.160.